The number of aliphatic hydroxyl groups is 1. The second kappa shape index (κ2) is 4.20. The van der Waals surface area contributed by atoms with Crippen molar-refractivity contribution in [3.8, 4) is 5.75 Å². The zero-order valence-electron chi connectivity index (χ0n) is 6.97. The van der Waals surface area contributed by atoms with Crippen LogP contribution in [0.2, 0.25) is 0 Å². The maximum absolute atomic E-state index is 13.3. The van der Waals surface area contributed by atoms with E-state index < -0.39 is 34.5 Å². The van der Waals surface area contributed by atoms with Crippen molar-refractivity contribution in [2.75, 3.05) is 6.61 Å². The second-order valence-electron chi connectivity index (χ2n) is 2.71. The highest BCUT2D eigenvalue weighted by Crippen LogP contribution is 2.32. The fraction of sp³-hybridized carbons (Fsp3) is 0.250. The first-order valence-electron chi connectivity index (χ1n) is 3.71. The van der Waals surface area contributed by atoms with Gasteiger partial charge < -0.3 is 15.9 Å². The van der Waals surface area contributed by atoms with Gasteiger partial charge in [-0.05, 0) is 15.9 Å². The van der Waals surface area contributed by atoms with E-state index in [9.17, 15) is 13.9 Å². The van der Waals surface area contributed by atoms with Gasteiger partial charge in [0.2, 0.25) is 0 Å². The van der Waals surface area contributed by atoms with Gasteiger partial charge in [0.05, 0.1) is 17.1 Å². The summed E-state index contributed by atoms with van der Waals surface area (Å²) in [5.41, 5.74) is 5.02. The Hall–Kier alpha value is -0.720. The van der Waals surface area contributed by atoms with Gasteiger partial charge in [-0.2, -0.15) is 0 Å². The van der Waals surface area contributed by atoms with Gasteiger partial charge >= 0.3 is 0 Å². The van der Waals surface area contributed by atoms with Crippen molar-refractivity contribution in [2.45, 2.75) is 6.04 Å². The maximum atomic E-state index is 13.3. The molecule has 1 aromatic rings. The number of nitrogens with two attached hydrogens (primary N) is 1. The van der Waals surface area contributed by atoms with Gasteiger partial charge in [0.1, 0.15) is 17.4 Å². The van der Waals surface area contributed by atoms with E-state index in [2.05, 4.69) is 15.9 Å². The number of hydrogen-bond donors (Lipinski definition) is 3. The lowest BCUT2D eigenvalue weighted by Crippen LogP contribution is -2.17. The number of benzene rings is 1. The predicted octanol–water partition coefficient (Wildman–Crippen LogP) is 1.42. The van der Waals surface area contributed by atoms with E-state index in [0.29, 0.717) is 0 Å². The molecule has 0 aromatic heterocycles. The Bertz CT molecular complexity index is 360. The van der Waals surface area contributed by atoms with E-state index in [1.165, 1.54) is 0 Å². The first-order valence-corrected chi connectivity index (χ1v) is 4.51. The van der Waals surface area contributed by atoms with Crippen molar-refractivity contribution in [1.29, 1.82) is 0 Å². The molecule has 1 rings (SSSR count). The van der Waals surface area contributed by atoms with Crippen molar-refractivity contribution >= 4 is 15.9 Å². The quantitative estimate of drug-likeness (QED) is 0.711. The first-order chi connectivity index (χ1) is 6.49. The molecule has 0 saturated heterocycles. The maximum Gasteiger partial charge on any atom is 0.148 e. The predicted molar refractivity (Wildman–Crippen MR) is 49.7 cm³/mol. The fourth-order valence-electron chi connectivity index (χ4n) is 1.04. The number of aliphatic hydroxyl groups excluding tert-OH is 1. The van der Waals surface area contributed by atoms with E-state index >= 15 is 0 Å². The molecule has 0 aliphatic carbocycles. The van der Waals surface area contributed by atoms with Gasteiger partial charge in [-0.25, -0.2) is 8.78 Å². The van der Waals surface area contributed by atoms with Crippen molar-refractivity contribution in [3.63, 3.8) is 0 Å². The van der Waals surface area contributed by atoms with Crippen LogP contribution in [0.15, 0.2) is 10.5 Å². The molecule has 3 nitrogen and oxygen atoms in total. The molecular formula is C8H8BrF2NO2. The van der Waals surface area contributed by atoms with Gasteiger partial charge in [-0.3, -0.25) is 0 Å². The SMILES string of the molecule is NC(CO)c1c(O)cc(F)c(Br)c1F. The third-order valence-electron chi connectivity index (χ3n) is 1.75. The monoisotopic (exact) mass is 267 g/mol. The van der Waals surface area contributed by atoms with Crippen LogP contribution < -0.4 is 5.73 Å². The molecule has 0 radical (unpaired) electrons. The van der Waals surface area contributed by atoms with E-state index in [1.807, 2.05) is 0 Å². The summed E-state index contributed by atoms with van der Waals surface area (Å²) in [4.78, 5) is 0. The normalized spacial score (nSPS) is 12.9. The van der Waals surface area contributed by atoms with E-state index in [-0.39, 0.29) is 5.56 Å². The van der Waals surface area contributed by atoms with E-state index in [0.717, 1.165) is 6.07 Å². The Kier molecular flexibility index (Phi) is 3.41. The van der Waals surface area contributed by atoms with E-state index in [4.69, 9.17) is 10.8 Å². The molecule has 0 bridgehead atoms. The van der Waals surface area contributed by atoms with Gasteiger partial charge in [0.15, 0.2) is 0 Å². The molecule has 1 aromatic carbocycles. The second-order valence-corrected chi connectivity index (χ2v) is 3.50. The smallest absolute Gasteiger partial charge is 0.148 e. The highest BCUT2D eigenvalue weighted by Gasteiger charge is 2.20. The van der Waals surface area contributed by atoms with Crippen LogP contribution in [0.5, 0.6) is 5.75 Å². The van der Waals surface area contributed by atoms with Crippen LogP contribution in [-0.2, 0) is 0 Å². The molecule has 0 amide bonds. The Labute approximate surface area is 87.3 Å². The highest BCUT2D eigenvalue weighted by atomic mass is 79.9. The fourth-order valence-corrected chi connectivity index (χ4v) is 1.37. The number of hydrogen-bond acceptors (Lipinski definition) is 3. The van der Waals surface area contributed by atoms with Crippen molar-refractivity contribution in [1.82, 2.24) is 0 Å². The number of phenols is 1. The molecule has 6 heteroatoms. The Morgan fingerprint density at radius 1 is 1.50 bits per heavy atom. The molecule has 78 valence electrons. The van der Waals surface area contributed by atoms with Crippen LogP contribution in [0.1, 0.15) is 11.6 Å². The lowest BCUT2D eigenvalue weighted by molar-refractivity contribution is 0.261. The van der Waals surface area contributed by atoms with Gasteiger partial charge in [0.25, 0.3) is 0 Å². The van der Waals surface area contributed by atoms with Crippen LogP contribution >= 0.6 is 15.9 Å². The van der Waals surface area contributed by atoms with Crippen LogP contribution in [0.3, 0.4) is 0 Å². The van der Waals surface area contributed by atoms with Gasteiger partial charge in [-0.15, -0.1) is 0 Å². The van der Waals surface area contributed by atoms with Crippen LogP contribution in [0.4, 0.5) is 8.78 Å². The zero-order valence-corrected chi connectivity index (χ0v) is 8.55. The van der Waals surface area contributed by atoms with Gasteiger partial charge in [-0.1, -0.05) is 0 Å². The molecule has 0 heterocycles. The third kappa shape index (κ3) is 1.87. The largest absolute Gasteiger partial charge is 0.507 e. The Morgan fingerprint density at radius 2 is 2.07 bits per heavy atom. The van der Waals surface area contributed by atoms with Crippen LogP contribution in [0, 0.1) is 11.6 Å². The minimum absolute atomic E-state index is 0.305. The molecule has 0 aliphatic heterocycles. The third-order valence-corrected chi connectivity index (χ3v) is 2.47. The van der Waals surface area contributed by atoms with Crippen molar-refractivity contribution in [3.05, 3.63) is 27.7 Å². The molecule has 1 unspecified atom stereocenters. The average molecular weight is 268 g/mol. The molecular weight excluding hydrogens is 260 g/mol. The summed E-state index contributed by atoms with van der Waals surface area (Å²) in [5, 5.41) is 17.9. The first kappa shape index (κ1) is 11.4. The summed E-state index contributed by atoms with van der Waals surface area (Å²) in [5.74, 6) is -2.53. The summed E-state index contributed by atoms with van der Waals surface area (Å²) >= 11 is 2.66. The number of rotatable bonds is 2. The number of aromatic hydroxyl groups is 1. The summed E-state index contributed by atoms with van der Waals surface area (Å²) in [6.07, 6.45) is 0. The summed E-state index contributed by atoms with van der Waals surface area (Å²) in [7, 11) is 0. The zero-order chi connectivity index (χ0) is 10.9. The lowest BCUT2D eigenvalue weighted by Gasteiger charge is -2.13. The molecule has 0 spiro atoms. The topological polar surface area (TPSA) is 66.5 Å². The van der Waals surface area contributed by atoms with E-state index in [1.54, 1.807) is 0 Å². The van der Waals surface area contributed by atoms with Crippen molar-refractivity contribution < 1.29 is 19.0 Å². The minimum Gasteiger partial charge on any atom is -0.507 e. The molecule has 4 N–H and O–H groups in total. The highest BCUT2D eigenvalue weighted by molar-refractivity contribution is 9.10. The van der Waals surface area contributed by atoms with Gasteiger partial charge in [0, 0.05) is 11.6 Å². The Balaban J connectivity index is 3.36. The molecule has 14 heavy (non-hydrogen) atoms. The van der Waals surface area contributed by atoms with Crippen molar-refractivity contribution in [2.24, 2.45) is 5.73 Å². The molecule has 0 aliphatic rings. The molecule has 0 fully saturated rings. The number of phenolic OH excluding ortho intramolecular Hbond substituents is 1. The Morgan fingerprint density at radius 3 is 2.57 bits per heavy atom. The van der Waals surface area contributed by atoms with Crippen LogP contribution in [-0.4, -0.2) is 16.8 Å². The summed E-state index contributed by atoms with van der Waals surface area (Å²) in [6.45, 7) is -0.539. The molecule has 1 atom stereocenters. The average Bonchev–Trinajstić information content (AvgIpc) is 2.14. The standard InChI is InChI=1S/C8H8BrF2NO2/c9-7-3(10)1-5(14)6(8(7)11)4(12)2-13/h1,4,13-14H,2,12H2. The minimum atomic E-state index is -1.08. The van der Waals surface area contributed by atoms with Crippen LogP contribution in [0.25, 0.3) is 0 Å². The lowest BCUT2D eigenvalue weighted by atomic mass is 10.1. The summed E-state index contributed by atoms with van der Waals surface area (Å²) in [6, 6.07) is -0.343. The summed E-state index contributed by atoms with van der Waals surface area (Å²) < 4.78 is 25.8. The molecule has 0 saturated carbocycles. The number of halogens is 3.